The summed E-state index contributed by atoms with van der Waals surface area (Å²) in [5.41, 5.74) is 0. The Morgan fingerprint density at radius 1 is 0.189 bits per heavy atom. The first-order valence-corrected chi connectivity index (χ1v) is 54.5. The van der Waals surface area contributed by atoms with Gasteiger partial charge in [-0.1, -0.05) is 0 Å². The first-order chi connectivity index (χ1) is 21.7. The molecule has 0 aromatic heterocycles. The molecule has 25 heteroatoms. The minimum absolute atomic E-state index is 0. The number of hydrogen-bond donors (Lipinski definition) is 4. The monoisotopic (exact) mass is 1090 g/mol. The van der Waals surface area contributed by atoms with Gasteiger partial charge in [-0.3, -0.25) is 0 Å². The van der Waals surface area contributed by atoms with Crippen LogP contribution in [0.25, 0.3) is 0 Å². The standard InChI is InChI=1S/4C7H22O3Si3.Ce/c4*1-11(2,3)9-13(7,8)10-12(4,5)6;/h4*8H,1-7H3;. The second kappa shape index (κ2) is 23.6. The van der Waals surface area contributed by atoms with Crippen molar-refractivity contribution in [1.29, 1.82) is 0 Å². The van der Waals surface area contributed by atoms with Crippen LogP contribution in [0.15, 0.2) is 0 Å². The zero-order valence-corrected chi connectivity index (χ0v) is 54.7. The van der Waals surface area contributed by atoms with E-state index in [1.54, 1.807) is 26.2 Å². The average molecular weight is 1090 g/mol. The predicted octanol–water partition coefficient (Wildman–Crippen LogP) is 9.00. The normalized spacial score (nSPS) is 14.5. The molecule has 12 nitrogen and oxygen atoms in total. The summed E-state index contributed by atoms with van der Waals surface area (Å²) in [5, 5.41) is 0. The molecule has 4 N–H and O–H groups in total. The predicted molar refractivity (Wildman–Crippen MR) is 251 cm³/mol. The van der Waals surface area contributed by atoms with Crippen molar-refractivity contribution in [2.75, 3.05) is 0 Å². The molecular weight excluding hydrogens is 1010 g/mol. The van der Waals surface area contributed by atoms with Crippen LogP contribution >= 0.6 is 0 Å². The van der Waals surface area contributed by atoms with Gasteiger partial charge in [-0.2, -0.15) is 0 Å². The molecule has 0 atom stereocenters. The van der Waals surface area contributed by atoms with Crippen molar-refractivity contribution < 1.29 is 93.9 Å². The Bertz CT molecular complexity index is 770. The van der Waals surface area contributed by atoms with Crippen molar-refractivity contribution in [2.24, 2.45) is 0 Å². The smallest absolute Gasteiger partial charge is 0.417 e. The van der Waals surface area contributed by atoms with Gasteiger partial charge in [0.1, 0.15) is 0 Å². The molecule has 0 rings (SSSR count). The Kier molecular flexibility index (Phi) is 29.3. The number of rotatable bonds is 16. The molecule has 0 saturated heterocycles. The summed E-state index contributed by atoms with van der Waals surface area (Å²) in [7, 11) is -24.9. The fraction of sp³-hybridized carbons (Fsp3) is 1.00. The van der Waals surface area contributed by atoms with Crippen LogP contribution in [0.3, 0.4) is 0 Å². The summed E-state index contributed by atoms with van der Waals surface area (Å²) in [6.07, 6.45) is 0. The maximum absolute atomic E-state index is 9.95. The van der Waals surface area contributed by atoms with E-state index in [-0.39, 0.29) is 41.7 Å². The molecule has 0 aromatic rings. The van der Waals surface area contributed by atoms with Crippen LogP contribution in [0.1, 0.15) is 0 Å². The largest absolute Gasteiger partial charge is 0.473 e. The van der Waals surface area contributed by atoms with Crippen LogP contribution in [-0.4, -0.2) is 121 Å². The van der Waals surface area contributed by atoms with Crippen LogP contribution in [0.2, 0.25) is 183 Å². The molecule has 0 spiro atoms. The summed E-state index contributed by atoms with van der Waals surface area (Å²) >= 11 is 0. The van der Waals surface area contributed by atoms with Gasteiger partial charge in [0, 0.05) is 67.9 Å². The summed E-state index contributed by atoms with van der Waals surface area (Å²) in [5.74, 6) is 0. The molecule has 0 saturated carbocycles. The molecule has 53 heavy (non-hydrogen) atoms. The van der Waals surface area contributed by atoms with Crippen LogP contribution in [0.5, 0.6) is 0 Å². The molecular formula is C28H88CeO12Si12. The van der Waals surface area contributed by atoms with Crippen molar-refractivity contribution in [2.45, 2.75) is 183 Å². The third-order valence-corrected chi connectivity index (χ3v) is 35.7. The van der Waals surface area contributed by atoms with Crippen molar-refractivity contribution in [3.63, 3.8) is 0 Å². The van der Waals surface area contributed by atoms with Gasteiger partial charge in [0.25, 0.3) is 0 Å². The molecule has 0 heterocycles. The van der Waals surface area contributed by atoms with E-state index in [0.717, 1.165) is 0 Å². The third kappa shape index (κ3) is 59.9. The van der Waals surface area contributed by atoms with Crippen molar-refractivity contribution in [3.8, 4) is 0 Å². The Morgan fingerprint density at radius 2 is 0.245 bits per heavy atom. The molecule has 0 aliphatic carbocycles. The van der Waals surface area contributed by atoms with E-state index in [1.165, 1.54) is 0 Å². The van der Waals surface area contributed by atoms with E-state index in [9.17, 15) is 19.2 Å². The molecule has 0 radical (unpaired) electrons. The summed E-state index contributed by atoms with van der Waals surface area (Å²) < 4.78 is 45.2. The molecule has 324 valence electrons. The quantitative estimate of drug-likeness (QED) is 0.109. The molecule has 0 amide bonds. The van der Waals surface area contributed by atoms with Gasteiger partial charge in [-0.05, 0) is 157 Å². The second-order valence-electron chi connectivity index (χ2n) is 21.3. The van der Waals surface area contributed by atoms with E-state index in [1.807, 2.05) is 0 Å². The molecule has 0 fully saturated rings. The van der Waals surface area contributed by atoms with Crippen molar-refractivity contribution >= 4 is 102 Å². The van der Waals surface area contributed by atoms with Gasteiger partial charge in [-0.25, -0.2) is 0 Å². The molecule has 0 aromatic carbocycles. The second-order valence-corrected chi connectivity index (χ2v) is 68.8. The minimum Gasteiger partial charge on any atom is -0.417 e. The topological polar surface area (TPSA) is 155 Å². The van der Waals surface area contributed by atoms with Crippen molar-refractivity contribution in [3.05, 3.63) is 0 Å². The van der Waals surface area contributed by atoms with Crippen LogP contribution in [0, 0.1) is 41.7 Å². The van der Waals surface area contributed by atoms with E-state index in [2.05, 4.69) is 157 Å². The van der Waals surface area contributed by atoms with Crippen LogP contribution in [0.4, 0.5) is 0 Å². The fourth-order valence-corrected chi connectivity index (χ4v) is 43.2. The summed E-state index contributed by atoms with van der Waals surface area (Å²) in [6.45, 7) is 56.2. The van der Waals surface area contributed by atoms with Gasteiger partial charge in [-0.15, -0.1) is 0 Å². The van der Waals surface area contributed by atoms with E-state index in [0.29, 0.717) is 0 Å². The summed E-state index contributed by atoms with van der Waals surface area (Å²) in [6, 6.07) is 0. The maximum atomic E-state index is 9.95. The van der Waals surface area contributed by atoms with Gasteiger partial charge in [0.05, 0.1) is 0 Å². The molecule has 0 aliphatic rings. The summed E-state index contributed by atoms with van der Waals surface area (Å²) in [4.78, 5) is 39.8. The minimum atomic E-state index is -2.85. The average Bonchev–Trinajstić information content (AvgIpc) is 2.51. The maximum Gasteiger partial charge on any atom is 0.473 e. The van der Waals surface area contributed by atoms with Gasteiger partial charge < -0.3 is 52.1 Å². The first kappa shape index (κ1) is 65.6. The van der Waals surface area contributed by atoms with E-state index < -0.39 is 102 Å². The SMILES string of the molecule is C[Si](C)(C)O[Si](C)(O)O[Si](C)(C)C.C[Si](C)(C)O[Si](C)(O)O[Si](C)(C)C.C[Si](C)(C)O[Si](C)(O)O[Si](C)(C)C.C[Si](C)(C)O[Si](C)(O)O[Si](C)(C)C.[Ce]. The Morgan fingerprint density at radius 3 is 0.283 bits per heavy atom. The van der Waals surface area contributed by atoms with Gasteiger partial charge in [0.2, 0.25) is 0 Å². The zero-order chi connectivity index (χ0) is 43.7. The van der Waals surface area contributed by atoms with E-state index in [4.69, 9.17) is 32.9 Å². The van der Waals surface area contributed by atoms with Crippen molar-refractivity contribution in [1.82, 2.24) is 0 Å². The molecule has 0 aliphatic heterocycles. The Balaban J connectivity index is -0.000000192. The van der Waals surface area contributed by atoms with Gasteiger partial charge >= 0.3 is 35.2 Å². The fourth-order valence-electron chi connectivity index (χ4n) is 4.63. The number of hydrogen-bond acceptors (Lipinski definition) is 12. The van der Waals surface area contributed by atoms with E-state index >= 15 is 0 Å². The zero-order valence-electron chi connectivity index (χ0n) is 39.6. The third-order valence-electron chi connectivity index (χ3n) is 3.96. The molecule has 0 bridgehead atoms. The van der Waals surface area contributed by atoms with Gasteiger partial charge in [0.15, 0.2) is 66.5 Å². The Labute approximate surface area is 375 Å². The first-order valence-electron chi connectivity index (χ1n) is 18.2. The van der Waals surface area contributed by atoms with Crippen LogP contribution < -0.4 is 0 Å². The Hall–Kier alpha value is 3.50. The van der Waals surface area contributed by atoms with Crippen LogP contribution in [-0.2, 0) is 32.9 Å². The molecule has 0 unspecified atom stereocenters.